The number of amidine groups is 1. The number of halogens is 1. The van der Waals surface area contributed by atoms with Gasteiger partial charge in [0.2, 0.25) is 0 Å². The molecule has 0 saturated carbocycles. The summed E-state index contributed by atoms with van der Waals surface area (Å²) < 4.78 is 13.1. The first-order valence-electron chi connectivity index (χ1n) is 9.33. The van der Waals surface area contributed by atoms with Crippen molar-refractivity contribution in [2.75, 3.05) is 5.32 Å². The molecule has 0 radical (unpaired) electrons. The number of rotatable bonds is 3. The predicted molar refractivity (Wildman–Crippen MR) is 114 cm³/mol. The van der Waals surface area contributed by atoms with Gasteiger partial charge in [-0.05, 0) is 36.4 Å². The van der Waals surface area contributed by atoms with E-state index in [-0.39, 0.29) is 22.7 Å². The number of benzene rings is 3. The molecule has 0 saturated heterocycles. The minimum absolute atomic E-state index is 0.168. The largest absolute Gasteiger partial charge is 0.321 e. The van der Waals surface area contributed by atoms with Crippen molar-refractivity contribution >= 4 is 29.0 Å². The van der Waals surface area contributed by atoms with E-state index in [2.05, 4.69) is 15.6 Å². The van der Waals surface area contributed by atoms with Crippen LogP contribution in [0, 0.1) is 17.1 Å². The molecule has 0 unspecified atom stereocenters. The van der Waals surface area contributed by atoms with Gasteiger partial charge in [0, 0.05) is 22.4 Å². The number of hydrogen-bond acceptors (Lipinski definition) is 4. The Balaban J connectivity index is 1.69. The summed E-state index contributed by atoms with van der Waals surface area (Å²) in [6, 6.07) is 22.7. The smallest absolute Gasteiger partial charge is 0.268 e. The molecule has 1 aliphatic heterocycles. The van der Waals surface area contributed by atoms with Crippen LogP contribution in [0.3, 0.4) is 0 Å². The van der Waals surface area contributed by atoms with Gasteiger partial charge < -0.3 is 10.6 Å². The quantitative estimate of drug-likeness (QED) is 0.507. The van der Waals surface area contributed by atoms with Gasteiger partial charge in [-0.3, -0.25) is 9.59 Å². The summed E-state index contributed by atoms with van der Waals surface area (Å²) >= 11 is 0. The highest BCUT2D eigenvalue weighted by Gasteiger charge is 2.27. The highest BCUT2D eigenvalue weighted by molar-refractivity contribution is 6.21. The SMILES string of the molecule is N#CC(C(=O)Nc1ccccc1)=C1N=C(NC(=O)c2ccc(F)cc2)c2ccccc21. The highest BCUT2D eigenvalue weighted by Crippen LogP contribution is 2.31. The van der Waals surface area contributed by atoms with Crippen LogP contribution in [0.15, 0.2) is 89.4 Å². The monoisotopic (exact) mass is 410 g/mol. The van der Waals surface area contributed by atoms with Gasteiger partial charge in [-0.15, -0.1) is 0 Å². The topological polar surface area (TPSA) is 94.3 Å². The van der Waals surface area contributed by atoms with E-state index in [4.69, 9.17) is 0 Å². The van der Waals surface area contributed by atoms with E-state index >= 15 is 0 Å². The molecule has 1 aliphatic rings. The third-order valence-electron chi connectivity index (χ3n) is 4.61. The second-order valence-electron chi connectivity index (χ2n) is 6.62. The van der Waals surface area contributed by atoms with Crippen LogP contribution in [0.4, 0.5) is 10.1 Å². The molecule has 3 aromatic carbocycles. The number of hydrogen-bond donors (Lipinski definition) is 2. The van der Waals surface area contributed by atoms with Crippen molar-refractivity contribution < 1.29 is 14.0 Å². The number of aliphatic imine (C=N–C) groups is 1. The van der Waals surface area contributed by atoms with Crippen LogP contribution >= 0.6 is 0 Å². The maximum absolute atomic E-state index is 13.1. The van der Waals surface area contributed by atoms with Crippen molar-refractivity contribution in [2.24, 2.45) is 4.99 Å². The van der Waals surface area contributed by atoms with Gasteiger partial charge >= 0.3 is 0 Å². The van der Waals surface area contributed by atoms with Crippen LogP contribution < -0.4 is 10.6 Å². The standard InChI is InChI=1S/C24H15FN4O2/c25-16-12-10-15(11-13-16)23(30)29-22-19-9-5-4-8-18(19)21(28-22)20(14-26)24(31)27-17-6-2-1-3-7-17/h1-13H,(H,27,31)(H,28,29,30). The number of nitriles is 1. The Labute approximate surface area is 177 Å². The summed E-state index contributed by atoms with van der Waals surface area (Å²) in [5.74, 6) is -1.33. The first kappa shape index (κ1) is 19.7. The lowest BCUT2D eigenvalue weighted by atomic mass is 10.0. The van der Waals surface area contributed by atoms with Gasteiger partial charge in [0.25, 0.3) is 11.8 Å². The Morgan fingerprint density at radius 2 is 1.48 bits per heavy atom. The summed E-state index contributed by atoms with van der Waals surface area (Å²) in [5, 5.41) is 15.0. The molecule has 0 aromatic heterocycles. The van der Waals surface area contributed by atoms with Crippen molar-refractivity contribution in [2.45, 2.75) is 0 Å². The van der Waals surface area contributed by atoms with Crippen LogP contribution in [0.1, 0.15) is 21.5 Å². The Morgan fingerprint density at radius 3 is 2.16 bits per heavy atom. The van der Waals surface area contributed by atoms with Crippen LogP contribution in [-0.2, 0) is 4.79 Å². The molecule has 0 bridgehead atoms. The number of para-hydroxylation sites is 1. The highest BCUT2D eigenvalue weighted by atomic mass is 19.1. The Morgan fingerprint density at radius 1 is 0.839 bits per heavy atom. The lowest BCUT2D eigenvalue weighted by Gasteiger charge is -2.06. The second kappa shape index (κ2) is 8.43. The van der Waals surface area contributed by atoms with Gasteiger partial charge in [-0.1, -0.05) is 42.5 Å². The summed E-state index contributed by atoms with van der Waals surface area (Å²) in [4.78, 5) is 29.7. The van der Waals surface area contributed by atoms with Crippen molar-refractivity contribution in [3.63, 3.8) is 0 Å². The van der Waals surface area contributed by atoms with E-state index in [0.29, 0.717) is 16.8 Å². The average Bonchev–Trinajstić information content (AvgIpc) is 3.13. The van der Waals surface area contributed by atoms with Crippen LogP contribution in [-0.4, -0.2) is 17.6 Å². The average molecular weight is 410 g/mol. The summed E-state index contributed by atoms with van der Waals surface area (Å²) in [5.41, 5.74) is 1.91. The molecule has 7 heteroatoms. The third kappa shape index (κ3) is 4.09. The molecule has 0 spiro atoms. The molecule has 2 N–H and O–H groups in total. The zero-order chi connectivity index (χ0) is 21.8. The molecular formula is C24H15FN4O2. The zero-order valence-corrected chi connectivity index (χ0v) is 16.1. The van der Waals surface area contributed by atoms with E-state index in [1.165, 1.54) is 24.3 Å². The van der Waals surface area contributed by atoms with Crippen LogP contribution in [0.2, 0.25) is 0 Å². The number of anilines is 1. The van der Waals surface area contributed by atoms with E-state index in [1.807, 2.05) is 12.1 Å². The van der Waals surface area contributed by atoms with Crippen molar-refractivity contribution in [1.82, 2.24) is 5.32 Å². The minimum Gasteiger partial charge on any atom is -0.321 e. The number of carbonyl (C=O) groups excluding carboxylic acids is 2. The number of nitrogens with zero attached hydrogens (tertiary/aromatic N) is 2. The number of fused-ring (bicyclic) bond motifs is 1. The molecule has 150 valence electrons. The van der Waals surface area contributed by atoms with E-state index in [9.17, 15) is 19.2 Å². The van der Waals surface area contributed by atoms with Gasteiger partial charge in [0.15, 0.2) is 0 Å². The molecule has 0 aliphatic carbocycles. The molecule has 6 nitrogen and oxygen atoms in total. The Kier molecular flexibility index (Phi) is 5.37. The predicted octanol–water partition coefficient (Wildman–Crippen LogP) is 3.89. The van der Waals surface area contributed by atoms with Gasteiger partial charge in [0.05, 0.1) is 5.70 Å². The lowest BCUT2D eigenvalue weighted by Crippen LogP contribution is -2.30. The molecule has 2 amide bonds. The molecule has 0 atom stereocenters. The molecule has 31 heavy (non-hydrogen) atoms. The zero-order valence-electron chi connectivity index (χ0n) is 16.1. The summed E-state index contributed by atoms with van der Waals surface area (Å²) in [7, 11) is 0. The van der Waals surface area contributed by atoms with Gasteiger partial charge in [-0.2, -0.15) is 5.26 Å². The fourth-order valence-electron chi connectivity index (χ4n) is 3.12. The van der Waals surface area contributed by atoms with E-state index in [1.54, 1.807) is 48.5 Å². The fourth-order valence-corrected chi connectivity index (χ4v) is 3.12. The van der Waals surface area contributed by atoms with Crippen molar-refractivity contribution in [3.8, 4) is 6.07 Å². The van der Waals surface area contributed by atoms with Gasteiger partial charge in [0.1, 0.15) is 23.3 Å². The maximum atomic E-state index is 13.1. The molecule has 1 heterocycles. The van der Waals surface area contributed by atoms with Crippen molar-refractivity contribution in [1.29, 1.82) is 5.26 Å². The van der Waals surface area contributed by atoms with Crippen LogP contribution in [0.25, 0.3) is 5.70 Å². The third-order valence-corrected chi connectivity index (χ3v) is 4.61. The number of carbonyl (C=O) groups is 2. The first-order valence-corrected chi connectivity index (χ1v) is 9.33. The Hall–Kier alpha value is -4.57. The van der Waals surface area contributed by atoms with Crippen molar-refractivity contribution in [3.05, 3.63) is 107 Å². The minimum atomic E-state index is -0.603. The second-order valence-corrected chi connectivity index (χ2v) is 6.62. The molecule has 0 fully saturated rings. The number of nitrogens with one attached hydrogen (secondary N) is 2. The summed E-state index contributed by atoms with van der Waals surface area (Å²) in [6.45, 7) is 0. The maximum Gasteiger partial charge on any atom is 0.268 e. The summed E-state index contributed by atoms with van der Waals surface area (Å²) in [6.07, 6.45) is 0. The van der Waals surface area contributed by atoms with E-state index < -0.39 is 17.6 Å². The van der Waals surface area contributed by atoms with E-state index in [0.717, 1.165) is 0 Å². The molecule has 3 aromatic rings. The lowest BCUT2D eigenvalue weighted by molar-refractivity contribution is -0.112. The number of amides is 2. The van der Waals surface area contributed by atoms with Crippen LogP contribution in [0.5, 0.6) is 0 Å². The molecule has 4 rings (SSSR count). The van der Waals surface area contributed by atoms with Gasteiger partial charge in [-0.25, -0.2) is 9.38 Å². The molecular weight excluding hydrogens is 395 g/mol. The Bertz CT molecular complexity index is 1270. The fraction of sp³-hybridized carbons (Fsp3) is 0. The first-order chi connectivity index (χ1) is 15.1. The normalized spacial score (nSPS) is 13.5.